The summed E-state index contributed by atoms with van der Waals surface area (Å²) in [5, 5.41) is 0. The number of anilines is 1. The van der Waals surface area contributed by atoms with Crippen LogP contribution in [0.4, 0.5) is 5.69 Å². The van der Waals surface area contributed by atoms with Crippen LogP contribution in [0.3, 0.4) is 0 Å². The molecule has 2 heterocycles. The Balaban J connectivity index is 1.56. The van der Waals surface area contributed by atoms with E-state index in [4.69, 9.17) is 12.2 Å². The summed E-state index contributed by atoms with van der Waals surface area (Å²) in [6, 6.07) is 7.04. The van der Waals surface area contributed by atoms with Crippen molar-refractivity contribution in [1.82, 2.24) is 9.21 Å². The van der Waals surface area contributed by atoms with Gasteiger partial charge >= 0.3 is 0 Å². The molecular weight excluding hydrogens is 334 g/mol. The van der Waals surface area contributed by atoms with Crippen molar-refractivity contribution in [2.24, 2.45) is 5.92 Å². The number of rotatable bonds is 4. The molecule has 0 unspecified atom stereocenters. The Labute approximate surface area is 151 Å². The van der Waals surface area contributed by atoms with Gasteiger partial charge in [0.15, 0.2) is 0 Å². The van der Waals surface area contributed by atoms with Crippen LogP contribution in [0.1, 0.15) is 32.1 Å². The fourth-order valence-corrected chi connectivity index (χ4v) is 5.49. The molecule has 0 aromatic heterocycles. The van der Waals surface area contributed by atoms with Crippen LogP contribution < -0.4 is 5.73 Å². The van der Waals surface area contributed by atoms with Gasteiger partial charge in [-0.3, -0.25) is 0 Å². The molecule has 0 spiro atoms. The van der Waals surface area contributed by atoms with Crippen LogP contribution in [0, 0.1) is 18.3 Å². The Kier molecular flexibility index (Phi) is 5.67. The van der Waals surface area contributed by atoms with Gasteiger partial charge in [-0.1, -0.05) is 6.07 Å². The largest absolute Gasteiger partial charge is 0.399 e. The molecular formula is C19H27N3O2S. The molecule has 0 radical (unpaired) electrons. The lowest BCUT2D eigenvalue weighted by molar-refractivity contribution is 0.0980. The minimum absolute atomic E-state index is 0.293. The van der Waals surface area contributed by atoms with Crippen LogP contribution in [-0.2, 0) is 10.0 Å². The van der Waals surface area contributed by atoms with E-state index in [-0.39, 0.29) is 0 Å². The van der Waals surface area contributed by atoms with E-state index in [1.807, 2.05) is 0 Å². The number of nitrogens with zero attached hydrogens (tertiary/aromatic N) is 2. The van der Waals surface area contributed by atoms with Gasteiger partial charge < -0.3 is 10.6 Å². The highest BCUT2D eigenvalue weighted by atomic mass is 32.2. The van der Waals surface area contributed by atoms with Crippen molar-refractivity contribution < 1.29 is 8.42 Å². The molecule has 2 aliphatic heterocycles. The van der Waals surface area contributed by atoms with Crippen LogP contribution in [0.5, 0.6) is 0 Å². The van der Waals surface area contributed by atoms with E-state index in [0.29, 0.717) is 35.6 Å². The van der Waals surface area contributed by atoms with E-state index in [9.17, 15) is 8.42 Å². The van der Waals surface area contributed by atoms with Gasteiger partial charge in [0.05, 0.1) is 4.90 Å². The second-order valence-corrected chi connectivity index (χ2v) is 9.03. The normalized spacial score (nSPS) is 21.9. The van der Waals surface area contributed by atoms with Crippen molar-refractivity contribution in [1.29, 1.82) is 0 Å². The van der Waals surface area contributed by atoms with Gasteiger partial charge in [-0.25, -0.2) is 8.42 Å². The first kappa shape index (κ1) is 18.2. The van der Waals surface area contributed by atoms with Crippen molar-refractivity contribution in [3.05, 3.63) is 24.3 Å². The lowest BCUT2D eigenvalue weighted by Crippen LogP contribution is -2.48. The van der Waals surface area contributed by atoms with Gasteiger partial charge in [0.25, 0.3) is 0 Å². The molecule has 1 aromatic carbocycles. The number of benzene rings is 1. The summed E-state index contributed by atoms with van der Waals surface area (Å²) in [5.41, 5.74) is 6.21. The van der Waals surface area contributed by atoms with E-state index >= 15 is 0 Å². The molecule has 1 aromatic rings. The number of nitrogens with two attached hydrogens (primary N) is 1. The second kappa shape index (κ2) is 7.77. The first-order valence-electron chi connectivity index (χ1n) is 9.04. The average Bonchev–Trinajstić information content (AvgIpc) is 2.63. The number of sulfonamides is 1. The summed E-state index contributed by atoms with van der Waals surface area (Å²) in [7, 11) is -3.44. The van der Waals surface area contributed by atoms with Crippen LogP contribution in [0.2, 0.25) is 0 Å². The second-order valence-electron chi connectivity index (χ2n) is 7.10. The number of likely N-dealkylation sites (tertiary alicyclic amines) is 1. The van der Waals surface area contributed by atoms with E-state index in [2.05, 4.69) is 10.8 Å². The molecule has 0 bridgehead atoms. The molecule has 6 heteroatoms. The summed E-state index contributed by atoms with van der Waals surface area (Å²) in [6.07, 6.45) is 10.4. The molecule has 0 aliphatic carbocycles. The number of terminal acetylenes is 1. The highest BCUT2D eigenvalue weighted by Gasteiger charge is 2.33. The third-order valence-corrected chi connectivity index (χ3v) is 7.39. The van der Waals surface area contributed by atoms with Gasteiger partial charge in [0, 0.05) is 31.2 Å². The van der Waals surface area contributed by atoms with Crippen LogP contribution in [0.25, 0.3) is 0 Å². The minimum Gasteiger partial charge on any atom is -0.399 e. The molecule has 25 heavy (non-hydrogen) atoms. The number of nitrogen functional groups attached to an aromatic ring is 1. The Morgan fingerprint density at radius 2 is 1.80 bits per heavy atom. The molecule has 3 rings (SSSR count). The first-order chi connectivity index (χ1) is 12.0. The summed E-state index contributed by atoms with van der Waals surface area (Å²) in [4.78, 5) is 2.82. The summed E-state index contributed by atoms with van der Waals surface area (Å²) in [6.45, 7) is 3.32. The first-order valence-corrected chi connectivity index (χ1v) is 10.5. The molecule has 2 N–H and O–H groups in total. The van der Waals surface area contributed by atoms with E-state index in [1.165, 1.54) is 6.07 Å². The van der Waals surface area contributed by atoms with Crippen LogP contribution in [-0.4, -0.2) is 49.8 Å². The van der Waals surface area contributed by atoms with Gasteiger partial charge in [0.2, 0.25) is 10.0 Å². The standard InChI is InChI=1S/C19H27N3O2S/c1-2-4-16-7-11-21(12-8-16)18-9-13-22(14-10-18)25(23,24)19-6-3-5-17(20)15-19/h1,3,5-6,15-16,18H,4,7-14,20H2. The fourth-order valence-electron chi connectivity index (χ4n) is 3.96. The quantitative estimate of drug-likeness (QED) is 0.659. The van der Waals surface area contributed by atoms with Crippen molar-refractivity contribution in [2.75, 3.05) is 31.9 Å². The van der Waals surface area contributed by atoms with Crippen molar-refractivity contribution >= 4 is 15.7 Å². The van der Waals surface area contributed by atoms with Crippen LogP contribution >= 0.6 is 0 Å². The Bertz CT molecular complexity index is 725. The maximum atomic E-state index is 12.8. The number of hydrogen-bond acceptors (Lipinski definition) is 4. The third-order valence-electron chi connectivity index (χ3n) is 5.49. The zero-order valence-electron chi connectivity index (χ0n) is 14.6. The number of piperidine rings is 2. The molecule has 5 nitrogen and oxygen atoms in total. The summed E-state index contributed by atoms with van der Waals surface area (Å²) in [5.74, 6) is 3.43. The minimum atomic E-state index is -3.44. The molecule has 0 amide bonds. The fraction of sp³-hybridized carbons (Fsp3) is 0.579. The van der Waals surface area contributed by atoms with Gasteiger partial charge in [-0.05, 0) is 62.9 Å². The topological polar surface area (TPSA) is 66.6 Å². The molecule has 2 saturated heterocycles. The third kappa shape index (κ3) is 4.17. The zero-order valence-corrected chi connectivity index (χ0v) is 15.4. The molecule has 2 aliphatic rings. The van der Waals surface area contributed by atoms with E-state index in [0.717, 1.165) is 45.2 Å². The Hall–Kier alpha value is -1.55. The zero-order chi connectivity index (χ0) is 17.9. The highest BCUT2D eigenvalue weighted by Crippen LogP contribution is 2.27. The predicted octanol–water partition coefficient (Wildman–Crippen LogP) is 2.16. The lowest BCUT2D eigenvalue weighted by atomic mass is 9.92. The molecule has 0 saturated carbocycles. The average molecular weight is 362 g/mol. The Morgan fingerprint density at radius 1 is 1.12 bits per heavy atom. The monoisotopic (exact) mass is 361 g/mol. The summed E-state index contributed by atoms with van der Waals surface area (Å²) >= 11 is 0. The molecule has 136 valence electrons. The van der Waals surface area contributed by atoms with Crippen LogP contribution in [0.15, 0.2) is 29.2 Å². The van der Waals surface area contributed by atoms with Gasteiger partial charge in [0.1, 0.15) is 0 Å². The molecule has 0 atom stereocenters. The number of hydrogen-bond donors (Lipinski definition) is 1. The van der Waals surface area contributed by atoms with Gasteiger partial charge in [-0.15, -0.1) is 12.3 Å². The summed E-state index contributed by atoms with van der Waals surface area (Å²) < 4.78 is 27.2. The van der Waals surface area contributed by atoms with E-state index in [1.54, 1.807) is 22.5 Å². The SMILES string of the molecule is C#CCC1CCN(C2CCN(S(=O)(=O)c3cccc(N)c3)CC2)CC1. The van der Waals surface area contributed by atoms with Crippen molar-refractivity contribution in [2.45, 2.75) is 43.0 Å². The maximum Gasteiger partial charge on any atom is 0.243 e. The lowest BCUT2D eigenvalue weighted by Gasteiger charge is -2.41. The Morgan fingerprint density at radius 3 is 2.40 bits per heavy atom. The van der Waals surface area contributed by atoms with E-state index < -0.39 is 10.0 Å². The van der Waals surface area contributed by atoms with Crippen molar-refractivity contribution in [3.8, 4) is 12.3 Å². The maximum absolute atomic E-state index is 12.8. The van der Waals surface area contributed by atoms with Crippen molar-refractivity contribution in [3.63, 3.8) is 0 Å². The van der Waals surface area contributed by atoms with Gasteiger partial charge in [-0.2, -0.15) is 4.31 Å². The predicted molar refractivity (Wildman–Crippen MR) is 100 cm³/mol. The highest BCUT2D eigenvalue weighted by molar-refractivity contribution is 7.89. The molecule has 2 fully saturated rings. The smallest absolute Gasteiger partial charge is 0.243 e.